The lowest BCUT2D eigenvalue weighted by atomic mass is 10.1. The minimum Gasteiger partial charge on any atom is -0.336 e. The molecule has 2 N–H and O–H groups in total. The fourth-order valence-electron chi connectivity index (χ4n) is 2.49. The van der Waals surface area contributed by atoms with E-state index in [0.717, 1.165) is 10.6 Å². The summed E-state index contributed by atoms with van der Waals surface area (Å²) in [6.07, 6.45) is 3.10. The Morgan fingerprint density at radius 3 is 2.41 bits per heavy atom. The van der Waals surface area contributed by atoms with E-state index in [1.54, 1.807) is 42.5 Å². The van der Waals surface area contributed by atoms with Gasteiger partial charge in [0.1, 0.15) is 10.8 Å². The van der Waals surface area contributed by atoms with Gasteiger partial charge in [-0.1, -0.05) is 0 Å². The molecule has 2 amide bonds. The predicted molar refractivity (Wildman–Crippen MR) is 115 cm³/mol. The van der Waals surface area contributed by atoms with Crippen LogP contribution in [-0.4, -0.2) is 22.8 Å². The average Bonchev–Trinajstić information content (AvgIpc) is 3.15. The number of amides is 2. The van der Waals surface area contributed by atoms with Gasteiger partial charge in [0.05, 0.1) is 5.69 Å². The minimum absolute atomic E-state index is 0.0373. The topological polar surface area (TPSA) is 71.1 Å². The van der Waals surface area contributed by atoms with Crippen molar-refractivity contribution >= 4 is 34.9 Å². The summed E-state index contributed by atoms with van der Waals surface area (Å²) in [5, 5.41) is 8.03. The van der Waals surface area contributed by atoms with Crippen molar-refractivity contribution in [2.75, 3.05) is 5.32 Å². The van der Waals surface area contributed by atoms with Gasteiger partial charge in [0.15, 0.2) is 5.78 Å². The summed E-state index contributed by atoms with van der Waals surface area (Å²) in [4.78, 5) is 28.5. The van der Waals surface area contributed by atoms with Gasteiger partial charge in [0, 0.05) is 28.2 Å². The zero-order valence-corrected chi connectivity index (χ0v) is 16.8. The van der Waals surface area contributed by atoms with Crippen molar-refractivity contribution < 1.29 is 14.0 Å². The first-order valence-corrected chi connectivity index (χ1v) is 9.90. The first kappa shape index (κ1) is 20.4. The summed E-state index contributed by atoms with van der Waals surface area (Å²) in [5.41, 5.74) is 2.59. The summed E-state index contributed by atoms with van der Waals surface area (Å²) in [5.74, 6) is -0.461. The Morgan fingerprint density at radius 2 is 1.76 bits per heavy atom. The average molecular weight is 409 g/mol. The van der Waals surface area contributed by atoms with E-state index in [2.05, 4.69) is 15.6 Å². The molecule has 0 aliphatic rings. The Labute approximate surface area is 172 Å². The standard InChI is InChI=1S/C22H20FN3O2S/c1-14(2)24-22(28)26-18-9-5-15(6-10-18)20(27)12-11-19-13-29-21(25-19)16-3-7-17(23)8-4-16/h3-14H,1-2H3,(H2,24,26,28)/b12-11+. The van der Waals surface area contributed by atoms with E-state index in [1.165, 1.54) is 29.5 Å². The number of nitrogens with zero attached hydrogens (tertiary/aromatic N) is 1. The van der Waals surface area contributed by atoms with Crippen molar-refractivity contribution in [3.05, 3.63) is 77.1 Å². The molecule has 0 aliphatic heterocycles. The molecule has 3 rings (SSSR count). The van der Waals surface area contributed by atoms with Crippen molar-refractivity contribution in [1.82, 2.24) is 10.3 Å². The molecule has 0 saturated heterocycles. The SMILES string of the molecule is CC(C)NC(=O)Nc1ccc(C(=O)/C=C/c2csc(-c3ccc(F)cc3)n2)cc1. The fourth-order valence-corrected chi connectivity index (χ4v) is 3.29. The number of rotatable bonds is 6. The molecule has 0 bridgehead atoms. The van der Waals surface area contributed by atoms with Crippen LogP contribution in [0.15, 0.2) is 60.0 Å². The number of carbonyl (C=O) groups is 2. The Balaban J connectivity index is 1.62. The molecular formula is C22H20FN3O2S. The maximum absolute atomic E-state index is 13.0. The van der Waals surface area contributed by atoms with Gasteiger partial charge in [-0.05, 0) is 74.5 Å². The van der Waals surface area contributed by atoms with E-state index in [-0.39, 0.29) is 23.7 Å². The lowest BCUT2D eigenvalue weighted by Crippen LogP contribution is -2.34. The van der Waals surface area contributed by atoms with Gasteiger partial charge < -0.3 is 10.6 Å². The van der Waals surface area contributed by atoms with Crippen molar-refractivity contribution in [3.8, 4) is 10.6 Å². The number of thiazole rings is 1. The fraction of sp³-hybridized carbons (Fsp3) is 0.136. The zero-order valence-electron chi connectivity index (χ0n) is 16.0. The second-order valence-electron chi connectivity index (χ2n) is 6.61. The molecule has 3 aromatic rings. The van der Waals surface area contributed by atoms with Crippen LogP contribution in [0.2, 0.25) is 0 Å². The van der Waals surface area contributed by atoms with Crippen molar-refractivity contribution in [1.29, 1.82) is 0 Å². The molecule has 0 saturated carbocycles. The summed E-state index contributed by atoms with van der Waals surface area (Å²) in [6.45, 7) is 3.75. The number of anilines is 1. The zero-order chi connectivity index (χ0) is 20.8. The van der Waals surface area contributed by atoms with Crippen LogP contribution in [0.25, 0.3) is 16.6 Å². The van der Waals surface area contributed by atoms with Gasteiger partial charge >= 0.3 is 6.03 Å². The van der Waals surface area contributed by atoms with Crippen LogP contribution in [0.1, 0.15) is 29.9 Å². The van der Waals surface area contributed by atoms with Gasteiger partial charge in [-0.25, -0.2) is 14.2 Å². The molecule has 7 heteroatoms. The van der Waals surface area contributed by atoms with Crippen molar-refractivity contribution in [3.63, 3.8) is 0 Å². The molecule has 0 aliphatic carbocycles. The molecule has 0 atom stereocenters. The highest BCUT2D eigenvalue weighted by Crippen LogP contribution is 2.24. The highest BCUT2D eigenvalue weighted by molar-refractivity contribution is 7.13. The molecule has 0 spiro atoms. The largest absolute Gasteiger partial charge is 0.336 e. The predicted octanol–water partition coefficient (Wildman–Crippen LogP) is 5.38. The van der Waals surface area contributed by atoms with Crippen molar-refractivity contribution in [2.45, 2.75) is 19.9 Å². The highest BCUT2D eigenvalue weighted by Gasteiger charge is 2.07. The molecule has 0 unspecified atom stereocenters. The van der Waals surface area contributed by atoms with E-state index in [4.69, 9.17) is 0 Å². The van der Waals surface area contributed by atoms with Crippen molar-refractivity contribution in [2.24, 2.45) is 0 Å². The first-order chi connectivity index (χ1) is 13.9. The number of allylic oxidation sites excluding steroid dienone is 1. The third kappa shape index (κ3) is 5.83. The van der Waals surface area contributed by atoms with Gasteiger partial charge in [-0.15, -0.1) is 11.3 Å². The second kappa shape index (κ2) is 9.25. The summed E-state index contributed by atoms with van der Waals surface area (Å²) < 4.78 is 13.0. The Hall–Kier alpha value is -3.32. The number of nitrogens with one attached hydrogen (secondary N) is 2. The highest BCUT2D eigenvalue weighted by atomic mass is 32.1. The third-order valence-corrected chi connectivity index (χ3v) is 4.78. The van der Waals surface area contributed by atoms with Gasteiger partial charge in [-0.3, -0.25) is 4.79 Å². The van der Waals surface area contributed by atoms with E-state index in [0.29, 0.717) is 16.9 Å². The quantitative estimate of drug-likeness (QED) is 0.424. The van der Waals surface area contributed by atoms with Crippen LogP contribution in [-0.2, 0) is 0 Å². The second-order valence-corrected chi connectivity index (χ2v) is 7.47. The van der Waals surface area contributed by atoms with Gasteiger partial charge in [0.2, 0.25) is 0 Å². The van der Waals surface area contributed by atoms with Crippen LogP contribution in [0.3, 0.4) is 0 Å². The van der Waals surface area contributed by atoms with Crippen LogP contribution in [0, 0.1) is 5.82 Å². The maximum Gasteiger partial charge on any atom is 0.319 e. The Kier molecular flexibility index (Phi) is 6.51. The molecule has 2 aromatic carbocycles. The molecule has 5 nitrogen and oxygen atoms in total. The van der Waals surface area contributed by atoms with Crippen LogP contribution < -0.4 is 10.6 Å². The number of carbonyl (C=O) groups excluding carboxylic acids is 2. The molecular weight excluding hydrogens is 389 g/mol. The number of hydrogen-bond acceptors (Lipinski definition) is 4. The molecule has 29 heavy (non-hydrogen) atoms. The van der Waals surface area contributed by atoms with E-state index in [9.17, 15) is 14.0 Å². The molecule has 1 heterocycles. The monoisotopic (exact) mass is 409 g/mol. The first-order valence-electron chi connectivity index (χ1n) is 9.02. The number of hydrogen-bond donors (Lipinski definition) is 2. The third-order valence-electron chi connectivity index (χ3n) is 3.87. The smallest absolute Gasteiger partial charge is 0.319 e. The number of halogens is 1. The Morgan fingerprint density at radius 1 is 1.07 bits per heavy atom. The van der Waals surface area contributed by atoms with Crippen LogP contribution in [0.5, 0.6) is 0 Å². The lowest BCUT2D eigenvalue weighted by Gasteiger charge is -2.10. The number of benzene rings is 2. The molecule has 148 valence electrons. The van der Waals surface area contributed by atoms with E-state index >= 15 is 0 Å². The maximum atomic E-state index is 13.0. The minimum atomic E-state index is -0.294. The lowest BCUT2D eigenvalue weighted by molar-refractivity contribution is 0.104. The van der Waals surface area contributed by atoms with Gasteiger partial charge in [0.25, 0.3) is 0 Å². The van der Waals surface area contributed by atoms with Crippen LogP contribution in [0.4, 0.5) is 14.9 Å². The number of ketones is 1. The number of aromatic nitrogens is 1. The van der Waals surface area contributed by atoms with E-state index in [1.807, 2.05) is 19.2 Å². The summed E-state index contributed by atoms with van der Waals surface area (Å²) >= 11 is 1.43. The summed E-state index contributed by atoms with van der Waals surface area (Å²) in [6, 6.07) is 12.5. The van der Waals surface area contributed by atoms with Gasteiger partial charge in [-0.2, -0.15) is 0 Å². The van der Waals surface area contributed by atoms with E-state index < -0.39 is 0 Å². The molecule has 1 aromatic heterocycles. The van der Waals surface area contributed by atoms with Crippen LogP contribution >= 0.6 is 11.3 Å². The molecule has 0 fully saturated rings. The number of urea groups is 1. The summed E-state index contributed by atoms with van der Waals surface area (Å²) in [7, 11) is 0. The Bertz CT molecular complexity index is 1020. The normalized spacial score (nSPS) is 11.0. The molecule has 0 radical (unpaired) electrons.